The fraction of sp³-hybridized carbons (Fsp3) is 0.429. The van der Waals surface area contributed by atoms with Crippen LogP contribution in [0.15, 0.2) is 24.3 Å². The molecular weight excluding hydrogens is 246 g/mol. The van der Waals surface area contributed by atoms with Crippen molar-refractivity contribution in [3.05, 3.63) is 29.8 Å². The molecule has 1 aliphatic heterocycles. The van der Waals surface area contributed by atoms with Gasteiger partial charge in [-0.2, -0.15) is 0 Å². The molecule has 1 fully saturated rings. The average Bonchev–Trinajstić information content (AvgIpc) is 2.82. The van der Waals surface area contributed by atoms with E-state index in [1.807, 2.05) is 24.3 Å². The third-order valence-corrected chi connectivity index (χ3v) is 3.13. The smallest absolute Gasteiger partial charge is 0.303 e. The molecule has 19 heavy (non-hydrogen) atoms. The lowest BCUT2D eigenvalue weighted by Crippen LogP contribution is -2.33. The Kier molecular flexibility index (Phi) is 4.04. The second-order valence-corrected chi connectivity index (χ2v) is 4.48. The number of carbonyl (C=O) groups is 2. The van der Waals surface area contributed by atoms with Gasteiger partial charge in [0, 0.05) is 18.9 Å². The fourth-order valence-corrected chi connectivity index (χ4v) is 2.31. The summed E-state index contributed by atoms with van der Waals surface area (Å²) in [6.45, 7) is 1.36. The first-order valence-corrected chi connectivity index (χ1v) is 6.21. The standard InChI is InChI=1S/C14H17NO4/c1-9(16)19-14(11-7-8-13(17)15-11)10-5-3-4-6-12(10)18-2/h3-6,11,14H,7-8H2,1-2H3,(H,15,17)/t11-,14-/m1/s1. The van der Waals surface area contributed by atoms with Crippen molar-refractivity contribution < 1.29 is 19.1 Å². The minimum atomic E-state index is -0.514. The number of ether oxygens (including phenoxy) is 2. The molecule has 0 aliphatic carbocycles. The number of methoxy groups -OCH3 is 1. The summed E-state index contributed by atoms with van der Waals surface area (Å²) in [5.41, 5.74) is 0.771. The predicted molar refractivity (Wildman–Crippen MR) is 68.7 cm³/mol. The van der Waals surface area contributed by atoms with Crippen molar-refractivity contribution in [3.63, 3.8) is 0 Å². The molecule has 1 N–H and O–H groups in total. The molecule has 0 radical (unpaired) electrons. The fourth-order valence-electron chi connectivity index (χ4n) is 2.31. The van der Waals surface area contributed by atoms with Crippen LogP contribution >= 0.6 is 0 Å². The first kappa shape index (κ1) is 13.4. The van der Waals surface area contributed by atoms with Crippen molar-refractivity contribution in [2.45, 2.75) is 31.9 Å². The van der Waals surface area contributed by atoms with E-state index in [0.717, 1.165) is 5.56 Å². The van der Waals surface area contributed by atoms with Gasteiger partial charge in [-0.1, -0.05) is 18.2 Å². The molecule has 1 aromatic carbocycles. The van der Waals surface area contributed by atoms with Crippen molar-refractivity contribution in [2.24, 2.45) is 0 Å². The van der Waals surface area contributed by atoms with Crippen LogP contribution in [0.4, 0.5) is 0 Å². The highest BCUT2D eigenvalue weighted by Gasteiger charge is 2.33. The largest absolute Gasteiger partial charge is 0.496 e. The number of esters is 1. The highest BCUT2D eigenvalue weighted by molar-refractivity contribution is 5.78. The zero-order valence-electron chi connectivity index (χ0n) is 11.0. The summed E-state index contributed by atoms with van der Waals surface area (Å²) in [5.74, 6) is 0.254. The Morgan fingerprint density at radius 1 is 1.42 bits per heavy atom. The third kappa shape index (κ3) is 3.05. The second kappa shape index (κ2) is 5.73. The van der Waals surface area contributed by atoms with Gasteiger partial charge in [0.2, 0.25) is 5.91 Å². The molecular formula is C14H17NO4. The molecule has 0 spiro atoms. The Hall–Kier alpha value is -2.04. The predicted octanol–water partition coefficient (Wildman–Crippen LogP) is 1.58. The summed E-state index contributed by atoms with van der Waals surface area (Å²) in [7, 11) is 1.57. The van der Waals surface area contributed by atoms with Crippen molar-refractivity contribution in [1.82, 2.24) is 5.32 Å². The number of nitrogens with one attached hydrogen (secondary N) is 1. The van der Waals surface area contributed by atoms with Gasteiger partial charge in [0.05, 0.1) is 13.2 Å². The molecule has 0 bridgehead atoms. The molecule has 1 heterocycles. The summed E-state index contributed by atoms with van der Waals surface area (Å²) in [5, 5.41) is 2.84. The van der Waals surface area contributed by atoms with E-state index in [9.17, 15) is 9.59 Å². The van der Waals surface area contributed by atoms with Crippen LogP contribution in [0.25, 0.3) is 0 Å². The molecule has 2 rings (SSSR count). The minimum Gasteiger partial charge on any atom is -0.496 e. The average molecular weight is 263 g/mol. The van der Waals surface area contributed by atoms with E-state index in [1.165, 1.54) is 6.92 Å². The highest BCUT2D eigenvalue weighted by atomic mass is 16.5. The summed E-state index contributed by atoms with van der Waals surface area (Å²) >= 11 is 0. The summed E-state index contributed by atoms with van der Waals surface area (Å²) in [6, 6.07) is 7.15. The first-order chi connectivity index (χ1) is 9.11. The van der Waals surface area contributed by atoms with Crippen molar-refractivity contribution >= 4 is 11.9 Å². The van der Waals surface area contributed by atoms with E-state index in [0.29, 0.717) is 18.6 Å². The van der Waals surface area contributed by atoms with Gasteiger partial charge in [-0.05, 0) is 12.5 Å². The quantitative estimate of drug-likeness (QED) is 0.838. The lowest BCUT2D eigenvalue weighted by Gasteiger charge is -2.25. The Morgan fingerprint density at radius 3 is 2.74 bits per heavy atom. The van der Waals surface area contributed by atoms with Gasteiger partial charge in [0.25, 0.3) is 0 Å². The van der Waals surface area contributed by atoms with E-state index in [2.05, 4.69) is 5.32 Å². The van der Waals surface area contributed by atoms with Crippen LogP contribution in [0.5, 0.6) is 5.75 Å². The second-order valence-electron chi connectivity index (χ2n) is 4.48. The lowest BCUT2D eigenvalue weighted by atomic mass is 10.00. The Morgan fingerprint density at radius 2 is 2.16 bits per heavy atom. The molecule has 1 aliphatic rings. The van der Waals surface area contributed by atoms with E-state index in [4.69, 9.17) is 9.47 Å². The van der Waals surface area contributed by atoms with Crippen LogP contribution in [0, 0.1) is 0 Å². The van der Waals surface area contributed by atoms with Gasteiger partial charge in [-0.25, -0.2) is 0 Å². The Labute approximate surface area is 111 Å². The number of amides is 1. The maximum absolute atomic E-state index is 11.3. The van der Waals surface area contributed by atoms with Crippen molar-refractivity contribution in [3.8, 4) is 5.75 Å². The molecule has 1 amide bonds. The van der Waals surface area contributed by atoms with Crippen LogP contribution < -0.4 is 10.1 Å². The zero-order valence-corrected chi connectivity index (χ0v) is 11.0. The van der Waals surface area contributed by atoms with Crippen LogP contribution in [-0.2, 0) is 14.3 Å². The molecule has 1 saturated heterocycles. The molecule has 2 atom stereocenters. The van der Waals surface area contributed by atoms with Crippen LogP contribution in [-0.4, -0.2) is 25.0 Å². The van der Waals surface area contributed by atoms with Gasteiger partial charge >= 0.3 is 5.97 Å². The topological polar surface area (TPSA) is 64.6 Å². The van der Waals surface area contributed by atoms with Crippen LogP contribution in [0.2, 0.25) is 0 Å². The normalized spacial score (nSPS) is 19.7. The highest BCUT2D eigenvalue weighted by Crippen LogP contribution is 2.33. The SMILES string of the molecule is COc1ccccc1[C@@H](OC(C)=O)[C@H]1CCC(=O)N1. The third-order valence-electron chi connectivity index (χ3n) is 3.13. The van der Waals surface area contributed by atoms with Gasteiger partial charge in [0.15, 0.2) is 6.10 Å². The molecule has 0 saturated carbocycles. The van der Waals surface area contributed by atoms with E-state index >= 15 is 0 Å². The Balaban J connectivity index is 2.31. The number of hydrogen-bond donors (Lipinski definition) is 1. The monoisotopic (exact) mass is 263 g/mol. The number of hydrogen-bond acceptors (Lipinski definition) is 4. The van der Waals surface area contributed by atoms with E-state index < -0.39 is 6.10 Å². The van der Waals surface area contributed by atoms with Gasteiger partial charge in [-0.3, -0.25) is 9.59 Å². The molecule has 5 nitrogen and oxygen atoms in total. The number of carbonyl (C=O) groups excluding carboxylic acids is 2. The van der Waals surface area contributed by atoms with Crippen LogP contribution in [0.1, 0.15) is 31.4 Å². The Bertz CT molecular complexity index is 486. The number of benzene rings is 1. The van der Waals surface area contributed by atoms with Crippen molar-refractivity contribution in [1.29, 1.82) is 0 Å². The summed E-state index contributed by atoms with van der Waals surface area (Å²) in [6.07, 6.45) is 0.590. The maximum Gasteiger partial charge on any atom is 0.303 e. The number of rotatable bonds is 4. The van der Waals surface area contributed by atoms with E-state index in [1.54, 1.807) is 7.11 Å². The van der Waals surface area contributed by atoms with Gasteiger partial charge in [-0.15, -0.1) is 0 Å². The van der Waals surface area contributed by atoms with Crippen molar-refractivity contribution in [2.75, 3.05) is 7.11 Å². The summed E-state index contributed by atoms with van der Waals surface area (Å²) < 4.78 is 10.7. The molecule has 5 heteroatoms. The molecule has 0 aromatic heterocycles. The molecule has 102 valence electrons. The van der Waals surface area contributed by atoms with E-state index in [-0.39, 0.29) is 17.9 Å². The summed E-state index contributed by atoms with van der Waals surface area (Å²) in [4.78, 5) is 22.6. The number of para-hydroxylation sites is 1. The minimum absolute atomic E-state index is 0.0166. The lowest BCUT2D eigenvalue weighted by molar-refractivity contribution is -0.148. The van der Waals surface area contributed by atoms with Gasteiger partial charge in [0.1, 0.15) is 5.75 Å². The van der Waals surface area contributed by atoms with Gasteiger partial charge < -0.3 is 14.8 Å². The van der Waals surface area contributed by atoms with Crippen LogP contribution in [0.3, 0.4) is 0 Å². The maximum atomic E-state index is 11.3. The molecule has 0 unspecified atom stereocenters. The first-order valence-electron chi connectivity index (χ1n) is 6.21. The zero-order chi connectivity index (χ0) is 13.8. The molecule has 1 aromatic rings.